The number of anilines is 1. The van der Waals surface area contributed by atoms with Gasteiger partial charge in [-0.2, -0.15) is 0 Å². The molecular formula is C16H24Cl3N3O. The number of nitrogens with zero attached hydrogens (tertiary/aromatic N) is 1. The molecule has 23 heavy (non-hydrogen) atoms. The van der Waals surface area contributed by atoms with Crippen molar-refractivity contribution in [3.8, 4) is 0 Å². The molecule has 1 aromatic carbocycles. The lowest BCUT2D eigenvalue weighted by Gasteiger charge is -2.35. The SMILES string of the molecule is Cl.NCCC1CCCCN1CCC(=O)Nc1c(Cl)cccc1Cl. The summed E-state index contributed by atoms with van der Waals surface area (Å²) >= 11 is 12.1. The Balaban J connectivity index is 0.00000264. The number of halogens is 3. The third kappa shape index (κ3) is 6.12. The molecular weight excluding hydrogens is 357 g/mol. The van der Waals surface area contributed by atoms with Crippen LogP contribution in [0.3, 0.4) is 0 Å². The van der Waals surface area contributed by atoms with Gasteiger partial charge in [0, 0.05) is 19.0 Å². The molecule has 1 aromatic rings. The fraction of sp³-hybridized carbons (Fsp3) is 0.562. The summed E-state index contributed by atoms with van der Waals surface area (Å²) in [4.78, 5) is 14.5. The molecule has 130 valence electrons. The molecule has 7 heteroatoms. The maximum Gasteiger partial charge on any atom is 0.225 e. The normalized spacial score (nSPS) is 18.3. The first kappa shape index (κ1) is 20.5. The van der Waals surface area contributed by atoms with E-state index in [4.69, 9.17) is 28.9 Å². The summed E-state index contributed by atoms with van der Waals surface area (Å²) < 4.78 is 0. The van der Waals surface area contributed by atoms with Gasteiger partial charge in [0.2, 0.25) is 5.91 Å². The molecule has 0 aromatic heterocycles. The van der Waals surface area contributed by atoms with Gasteiger partial charge < -0.3 is 11.1 Å². The van der Waals surface area contributed by atoms with Gasteiger partial charge in [0.15, 0.2) is 0 Å². The predicted molar refractivity (Wildman–Crippen MR) is 99.8 cm³/mol. The molecule has 1 atom stereocenters. The second-order valence-electron chi connectivity index (χ2n) is 5.66. The van der Waals surface area contributed by atoms with Gasteiger partial charge in [-0.1, -0.05) is 35.7 Å². The van der Waals surface area contributed by atoms with Crippen molar-refractivity contribution < 1.29 is 4.79 Å². The summed E-state index contributed by atoms with van der Waals surface area (Å²) in [6.07, 6.45) is 5.05. The standard InChI is InChI=1S/C16H23Cl2N3O.ClH/c17-13-5-3-6-14(18)16(13)20-15(22)8-11-21-10-2-1-4-12(21)7-9-19;/h3,5-6,12H,1-2,4,7-11,19H2,(H,20,22);1H. The topological polar surface area (TPSA) is 58.4 Å². The van der Waals surface area contributed by atoms with E-state index in [9.17, 15) is 4.79 Å². The van der Waals surface area contributed by atoms with Crippen molar-refractivity contribution in [2.45, 2.75) is 38.1 Å². The second-order valence-corrected chi connectivity index (χ2v) is 6.47. The molecule has 2 rings (SSSR count). The van der Waals surface area contributed by atoms with Crippen molar-refractivity contribution in [3.05, 3.63) is 28.2 Å². The van der Waals surface area contributed by atoms with Crippen LogP contribution < -0.4 is 11.1 Å². The largest absolute Gasteiger partial charge is 0.330 e. The van der Waals surface area contributed by atoms with Crippen molar-refractivity contribution >= 4 is 47.2 Å². The summed E-state index contributed by atoms with van der Waals surface area (Å²) in [6.45, 7) is 2.49. The van der Waals surface area contributed by atoms with E-state index in [1.165, 1.54) is 19.3 Å². The first-order valence-electron chi connectivity index (χ1n) is 7.80. The molecule has 1 heterocycles. The zero-order valence-corrected chi connectivity index (χ0v) is 15.4. The third-order valence-corrected chi connectivity index (χ3v) is 4.73. The van der Waals surface area contributed by atoms with Gasteiger partial charge in [-0.3, -0.25) is 9.69 Å². The number of likely N-dealkylation sites (tertiary alicyclic amines) is 1. The Morgan fingerprint density at radius 3 is 2.65 bits per heavy atom. The Bertz CT molecular complexity index is 491. The van der Waals surface area contributed by atoms with Gasteiger partial charge in [0.1, 0.15) is 0 Å². The second kappa shape index (κ2) is 10.4. The van der Waals surface area contributed by atoms with Crippen molar-refractivity contribution in [1.29, 1.82) is 0 Å². The molecule has 1 fully saturated rings. The Kier molecular flexibility index (Phi) is 9.25. The highest BCUT2D eigenvalue weighted by molar-refractivity contribution is 6.39. The van der Waals surface area contributed by atoms with Crippen LogP contribution in [0.2, 0.25) is 10.0 Å². The van der Waals surface area contributed by atoms with E-state index in [0.29, 0.717) is 34.7 Å². The van der Waals surface area contributed by atoms with Gasteiger partial charge in [-0.15, -0.1) is 12.4 Å². The number of carbonyl (C=O) groups excluding carboxylic acids is 1. The molecule has 0 bridgehead atoms. The number of nitrogens with one attached hydrogen (secondary N) is 1. The fourth-order valence-electron chi connectivity index (χ4n) is 2.94. The Morgan fingerprint density at radius 1 is 1.30 bits per heavy atom. The summed E-state index contributed by atoms with van der Waals surface area (Å²) in [5.74, 6) is -0.0629. The minimum Gasteiger partial charge on any atom is -0.330 e. The quantitative estimate of drug-likeness (QED) is 0.785. The number of amides is 1. The predicted octanol–water partition coefficient (Wildman–Crippen LogP) is 3.95. The van der Waals surface area contributed by atoms with Gasteiger partial charge in [0.05, 0.1) is 15.7 Å². The molecule has 1 saturated heterocycles. The molecule has 0 spiro atoms. The highest BCUT2D eigenvalue weighted by Gasteiger charge is 2.22. The number of benzene rings is 1. The number of carbonyl (C=O) groups is 1. The molecule has 1 aliphatic rings. The van der Waals surface area contributed by atoms with E-state index in [0.717, 1.165) is 19.5 Å². The van der Waals surface area contributed by atoms with Crippen LogP contribution in [0.4, 0.5) is 5.69 Å². The smallest absolute Gasteiger partial charge is 0.225 e. The average Bonchev–Trinajstić information content (AvgIpc) is 2.50. The summed E-state index contributed by atoms with van der Waals surface area (Å²) in [7, 11) is 0. The van der Waals surface area contributed by atoms with E-state index in [1.54, 1.807) is 18.2 Å². The van der Waals surface area contributed by atoms with E-state index >= 15 is 0 Å². The summed E-state index contributed by atoms with van der Waals surface area (Å²) in [6, 6.07) is 5.69. The molecule has 0 aliphatic carbocycles. The van der Waals surface area contributed by atoms with Crippen LogP contribution in [0, 0.1) is 0 Å². The number of para-hydroxylation sites is 1. The van der Waals surface area contributed by atoms with Crippen LogP contribution in [-0.2, 0) is 4.79 Å². The Labute approximate surface area is 154 Å². The minimum atomic E-state index is -0.0629. The van der Waals surface area contributed by atoms with Gasteiger partial charge in [0.25, 0.3) is 0 Å². The van der Waals surface area contributed by atoms with Gasteiger partial charge in [-0.05, 0) is 44.5 Å². The summed E-state index contributed by atoms with van der Waals surface area (Å²) in [5, 5.41) is 3.73. The van der Waals surface area contributed by atoms with Crippen molar-refractivity contribution in [2.75, 3.05) is 25.0 Å². The van der Waals surface area contributed by atoms with Gasteiger partial charge >= 0.3 is 0 Å². The van der Waals surface area contributed by atoms with Crippen LogP contribution in [0.25, 0.3) is 0 Å². The Hall–Kier alpha value is -0.520. The molecule has 4 nitrogen and oxygen atoms in total. The summed E-state index contributed by atoms with van der Waals surface area (Å²) in [5.41, 5.74) is 6.17. The zero-order chi connectivity index (χ0) is 15.9. The highest BCUT2D eigenvalue weighted by atomic mass is 35.5. The average molecular weight is 381 g/mol. The maximum atomic E-state index is 12.1. The van der Waals surface area contributed by atoms with Crippen molar-refractivity contribution in [2.24, 2.45) is 5.73 Å². The number of piperidine rings is 1. The van der Waals surface area contributed by atoms with E-state index in [1.807, 2.05) is 0 Å². The first-order valence-corrected chi connectivity index (χ1v) is 8.55. The molecule has 0 saturated carbocycles. The minimum absolute atomic E-state index is 0. The van der Waals surface area contributed by atoms with Crippen LogP contribution in [0.15, 0.2) is 18.2 Å². The Morgan fingerprint density at radius 2 is 2.00 bits per heavy atom. The molecule has 0 radical (unpaired) electrons. The number of hydrogen-bond donors (Lipinski definition) is 2. The third-order valence-electron chi connectivity index (χ3n) is 4.10. The van der Waals surface area contributed by atoms with Crippen LogP contribution in [-0.4, -0.2) is 36.5 Å². The lowest BCUT2D eigenvalue weighted by atomic mass is 9.99. The van der Waals surface area contributed by atoms with Crippen molar-refractivity contribution in [1.82, 2.24) is 4.90 Å². The van der Waals surface area contributed by atoms with Gasteiger partial charge in [-0.25, -0.2) is 0 Å². The lowest BCUT2D eigenvalue weighted by molar-refractivity contribution is -0.116. The fourth-order valence-corrected chi connectivity index (χ4v) is 3.43. The molecule has 3 N–H and O–H groups in total. The monoisotopic (exact) mass is 379 g/mol. The van der Waals surface area contributed by atoms with Crippen molar-refractivity contribution in [3.63, 3.8) is 0 Å². The maximum absolute atomic E-state index is 12.1. The van der Waals surface area contributed by atoms with E-state index in [-0.39, 0.29) is 18.3 Å². The lowest BCUT2D eigenvalue weighted by Crippen LogP contribution is -2.42. The van der Waals surface area contributed by atoms with Crippen LogP contribution in [0.1, 0.15) is 32.1 Å². The first-order chi connectivity index (χ1) is 10.6. The zero-order valence-electron chi connectivity index (χ0n) is 13.1. The molecule has 1 amide bonds. The number of nitrogens with two attached hydrogens (primary N) is 1. The highest BCUT2D eigenvalue weighted by Crippen LogP contribution is 2.30. The van der Waals surface area contributed by atoms with E-state index in [2.05, 4.69) is 10.2 Å². The van der Waals surface area contributed by atoms with E-state index < -0.39 is 0 Å². The van der Waals surface area contributed by atoms with Crippen LogP contribution in [0.5, 0.6) is 0 Å². The van der Waals surface area contributed by atoms with Crippen LogP contribution >= 0.6 is 35.6 Å². The molecule has 1 aliphatic heterocycles. The molecule has 1 unspecified atom stereocenters. The number of rotatable bonds is 6. The number of hydrogen-bond acceptors (Lipinski definition) is 3.